The first kappa shape index (κ1) is 19.5. The minimum atomic E-state index is -3.73. The third-order valence-corrected chi connectivity index (χ3v) is 7.72. The largest absolute Gasteiger partial charge is 0.444 e. The monoisotopic (exact) mass is 440 g/mol. The predicted octanol–water partition coefficient (Wildman–Crippen LogP) is 4.30. The Bertz CT molecular complexity index is 1020. The number of carbonyl (C=O) groups excluding carboxylic acids is 1. The molecule has 148 valence electrons. The molecule has 2 heterocycles. The van der Waals surface area contributed by atoms with Crippen LogP contribution in [-0.4, -0.2) is 37.9 Å². The molecule has 0 saturated carbocycles. The number of hydrogen-bond donors (Lipinski definition) is 0. The molecule has 1 fully saturated rings. The van der Waals surface area contributed by atoms with E-state index in [0.29, 0.717) is 17.9 Å². The molecule has 2 aliphatic heterocycles. The number of hydrogen-bond acceptors (Lipinski definition) is 4. The minimum Gasteiger partial charge on any atom is -0.444 e. The molecule has 0 aliphatic carbocycles. The summed E-state index contributed by atoms with van der Waals surface area (Å²) < 4.78 is 32.6. The number of amides is 1. The molecule has 0 bridgehead atoms. The van der Waals surface area contributed by atoms with Gasteiger partial charge in [0.05, 0.1) is 10.7 Å². The molecular weight excluding hydrogens is 423 g/mol. The number of ether oxygens (including phenoxy) is 1. The topological polar surface area (TPSA) is 66.9 Å². The third-order valence-electron chi connectivity index (χ3n) is 5.10. The standard InChI is InChI=1S/C19H18Cl2N2O4S/c20-14-5-6-18(16(21)11-14)28(25,26)22-9-7-15(8-10-22)23-17-4-2-1-3-13(17)12-27-19(23)24/h1-6,11,15H,7-10,12H2. The second-order valence-corrected chi connectivity index (χ2v) is 9.51. The molecule has 0 N–H and O–H groups in total. The van der Waals surface area contributed by atoms with Crippen molar-refractivity contribution in [1.82, 2.24) is 4.31 Å². The van der Waals surface area contributed by atoms with Crippen molar-refractivity contribution in [3.8, 4) is 0 Å². The zero-order valence-electron chi connectivity index (χ0n) is 14.8. The fourth-order valence-electron chi connectivity index (χ4n) is 3.69. The molecule has 6 nitrogen and oxygen atoms in total. The normalized spacial score (nSPS) is 18.6. The molecule has 1 saturated heterocycles. The van der Waals surface area contributed by atoms with Gasteiger partial charge in [0.25, 0.3) is 0 Å². The van der Waals surface area contributed by atoms with Gasteiger partial charge in [-0.15, -0.1) is 0 Å². The van der Waals surface area contributed by atoms with Gasteiger partial charge in [-0.1, -0.05) is 41.4 Å². The highest BCUT2D eigenvalue weighted by Gasteiger charge is 2.37. The molecule has 2 aromatic carbocycles. The van der Waals surface area contributed by atoms with Crippen molar-refractivity contribution in [3.05, 3.63) is 58.1 Å². The molecule has 0 unspecified atom stereocenters. The highest BCUT2D eigenvalue weighted by molar-refractivity contribution is 7.89. The maximum absolute atomic E-state index is 13.0. The lowest BCUT2D eigenvalue weighted by Crippen LogP contribution is -2.50. The van der Waals surface area contributed by atoms with Crippen LogP contribution in [0.25, 0.3) is 0 Å². The van der Waals surface area contributed by atoms with Gasteiger partial charge < -0.3 is 4.74 Å². The van der Waals surface area contributed by atoms with E-state index < -0.39 is 10.0 Å². The summed E-state index contributed by atoms with van der Waals surface area (Å²) in [6.45, 7) is 0.837. The van der Waals surface area contributed by atoms with Crippen LogP contribution >= 0.6 is 23.2 Å². The number of cyclic esters (lactones) is 1. The van der Waals surface area contributed by atoms with Crippen molar-refractivity contribution in [3.63, 3.8) is 0 Å². The first-order valence-electron chi connectivity index (χ1n) is 8.87. The maximum atomic E-state index is 13.0. The fourth-order valence-corrected chi connectivity index (χ4v) is 5.90. The van der Waals surface area contributed by atoms with Gasteiger partial charge in [0, 0.05) is 29.7 Å². The van der Waals surface area contributed by atoms with Gasteiger partial charge in [0.15, 0.2) is 0 Å². The lowest BCUT2D eigenvalue weighted by molar-refractivity contribution is 0.136. The summed E-state index contributed by atoms with van der Waals surface area (Å²) >= 11 is 12.0. The lowest BCUT2D eigenvalue weighted by Gasteiger charge is -2.39. The molecule has 2 aliphatic rings. The molecule has 28 heavy (non-hydrogen) atoms. The summed E-state index contributed by atoms with van der Waals surface area (Å²) in [4.78, 5) is 14.1. The van der Waals surface area contributed by atoms with Crippen LogP contribution in [0.2, 0.25) is 10.0 Å². The second kappa shape index (κ2) is 7.55. The van der Waals surface area contributed by atoms with Crippen molar-refractivity contribution in [2.75, 3.05) is 18.0 Å². The highest BCUT2D eigenvalue weighted by Crippen LogP contribution is 2.34. The number of anilines is 1. The van der Waals surface area contributed by atoms with Crippen LogP contribution in [0.1, 0.15) is 18.4 Å². The molecule has 4 rings (SSSR count). The van der Waals surface area contributed by atoms with Crippen LogP contribution in [0.5, 0.6) is 0 Å². The number of rotatable bonds is 3. The maximum Gasteiger partial charge on any atom is 0.414 e. The number of piperidine rings is 1. The van der Waals surface area contributed by atoms with E-state index in [1.807, 2.05) is 24.3 Å². The second-order valence-electron chi connectivity index (χ2n) is 6.76. The van der Waals surface area contributed by atoms with Crippen LogP contribution in [0, 0.1) is 0 Å². The number of nitrogens with zero attached hydrogens (tertiary/aromatic N) is 2. The first-order chi connectivity index (χ1) is 13.4. The molecule has 0 atom stereocenters. The van der Waals surface area contributed by atoms with E-state index >= 15 is 0 Å². The Kier molecular flexibility index (Phi) is 5.26. The van der Waals surface area contributed by atoms with Gasteiger partial charge >= 0.3 is 6.09 Å². The summed E-state index contributed by atoms with van der Waals surface area (Å²) in [6.07, 6.45) is 0.627. The zero-order chi connectivity index (χ0) is 19.9. The SMILES string of the molecule is O=C1OCc2ccccc2N1C1CCN(S(=O)(=O)c2ccc(Cl)cc2Cl)CC1. The highest BCUT2D eigenvalue weighted by atomic mass is 35.5. The molecule has 9 heteroatoms. The van der Waals surface area contributed by atoms with Crippen molar-refractivity contribution in [2.45, 2.75) is 30.4 Å². The van der Waals surface area contributed by atoms with Gasteiger partial charge in [-0.3, -0.25) is 4.90 Å². The van der Waals surface area contributed by atoms with Crippen LogP contribution in [0.15, 0.2) is 47.4 Å². The molecule has 0 spiro atoms. The number of fused-ring (bicyclic) bond motifs is 1. The van der Waals surface area contributed by atoms with E-state index in [2.05, 4.69) is 0 Å². The summed E-state index contributed by atoms with van der Waals surface area (Å²) in [5.74, 6) is 0. The zero-order valence-corrected chi connectivity index (χ0v) is 17.2. The van der Waals surface area contributed by atoms with Crippen molar-refractivity contribution >= 4 is 45.0 Å². The molecular formula is C19H18Cl2N2O4S. The van der Waals surface area contributed by atoms with Crippen molar-refractivity contribution < 1.29 is 17.9 Å². The average Bonchev–Trinajstić information content (AvgIpc) is 2.68. The average molecular weight is 441 g/mol. The van der Waals surface area contributed by atoms with E-state index in [4.69, 9.17) is 27.9 Å². The van der Waals surface area contributed by atoms with E-state index in [-0.39, 0.29) is 41.7 Å². The van der Waals surface area contributed by atoms with Crippen molar-refractivity contribution in [2.24, 2.45) is 0 Å². The number of carbonyl (C=O) groups is 1. The Morgan fingerprint density at radius 3 is 2.46 bits per heavy atom. The Hall–Kier alpha value is -1.80. The van der Waals surface area contributed by atoms with Crippen LogP contribution in [0.3, 0.4) is 0 Å². The first-order valence-corrected chi connectivity index (χ1v) is 11.1. The van der Waals surface area contributed by atoms with Crippen molar-refractivity contribution in [1.29, 1.82) is 0 Å². The molecule has 0 radical (unpaired) electrons. The van der Waals surface area contributed by atoms with Gasteiger partial charge in [0.1, 0.15) is 11.5 Å². The molecule has 1 amide bonds. The van der Waals surface area contributed by atoms with Crippen LogP contribution in [0.4, 0.5) is 10.5 Å². The van der Waals surface area contributed by atoms with Gasteiger partial charge in [-0.05, 0) is 37.1 Å². The van der Waals surface area contributed by atoms with Gasteiger partial charge in [0.2, 0.25) is 10.0 Å². The Morgan fingerprint density at radius 2 is 1.75 bits per heavy atom. The smallest absolute Gasteiger partial charge is 0.414 e. The Balaban J connectivity index is 1.53. The minimum absolute atomic E-state index is 0.0414. The third kappa shape index (κ3) is 3.48. The molecule has 0 aromatic heterocycles. The quantitative estimate of drug-likeness (QED) is 0.713. The van der Waals surface area contributed by atoms with Gasteiger partial charge in [-0.2, -0.15) is 4.31 Å². The van der Waals surface area contributed by atoms with E-state index in [9.17, 15) is 13.2 Å². The Morgan fingerprint density at radius 1 is 1.04 bits per heavy atom. The number of benzene rings is 2. The fraction of sp³-hybridized carbons (Fsp3) is 0.316. The predicted molar refractivity (Wildman–Crippen MR) is 107 cm³/mol. The number of sulfonamides is 1. The van der Waals surface area contributed by atoms with Crippen LogP contribution in [-0.2, 0) is 21.4 Å². The van der Waals surface area contributed by atoms with Crippen LogP contribution < -0.4 is 4.90 Å². The lowest BCUT2D eigenvalue weighted by atomic mass is 10.0. The van der Waals surface area contributed by atoms with E-state index in [1.54, 1.807) is 4.90 Å². The van der Waals surface area contributed by atoms with Gasteiger partial charge in [-0.25, -0.2) is 13.2 Å². The summed E-state index contributed by atoms with van der Waals surface area (Å²) in [6, 6.07) is 11.8. The molecule has 2 aromatic rings. The number of halogens is 2. The summed E-state index contributed by atoms with van der Waals surface area (Å²) in [7, 11) is -3.73. The summed E-state index contributed by atoms with van der Waals surface area (Å²) in [5.41, 5.74) is 1.78. The van der Waals surface area contributed by atoms with E-state index in [0.717, 1.165) is 11.3 Å². The summed E-state index contributed by atoms with van der Waals surface area (Å²) in [5, 5.41) is 0.480. The van der Waals surface area contributed by atoms with E-state index in [1.165, 1.54) is 22.5 Å². The number of para-hydroxylation sites is 1. The Labute approximate surface area is 173 Å².